The van der Waals surface area contributed by atoms with Crippen molar-refractivity contribution in [3.05, 3.63) is 81.9 Å². The third-order valence-electron chi connectivity index (χ3n) is 5.62. The molecule has 1 amide bonds. The van der Waals surface area contributed by atoms with Gasteiger partial charge in [-0.1, -0.05) is 78.0 Å². The van der Waals surface area contributed by atoms with Crippen LogP contribution in [-0.4, -0.2) is 61.6 Å². The van der Waals surface area contributed by atoms with Gasteiger partial charge in [0.25, 0.3) is 5.91 Å². The molecule has 0 radical (unpaired) electrons. The fourth-order valence-electron chi connectivity index (χ4n) is 3.88. The number of hydrazone groups is 1. The Bertz CT molecular complexity index is 1250. The second kappa shape index (κ2) is 11.2. The normalized spacial score (nSPS) is 19.6. The van der Waals surface area contributed by atoms with Crippen LogP contribution >= 0.6 is 35.6 Å². The van der Waals surface area contributed by atoms with Crippen LogP contribution in [0.5, 0.6) is 0 Å². The Kier molecular flexibility index (Phi) is 8.07. The van der Waals surface area contributed by atoms with Gasteiger partial charge >= 0.3 is 11.9 Å². The average molecular weight is 544 g/mol. The summed E-state index contributed by atoms with van der Waals surface area (Å²) in [5, 5.41) is 16.0. The fourth-order valence-corrected chi connectivity index (χ4v) is 5.33. The molecule has 0 aliphatic carbocycles. The van der Waals surface area contributed by atoms with Gasteiger partial charge in [0, 0.05) is 24.1 Å². The average Bonchev–Trinajstić information content (AvgIpc) is 3.40. The number of carbonyl (C=O) groups excluding carboxylic acids is 2. The number of carbonyl (C=O) groups is 3. The standard InChI is InChI=1S/C25H22ClN3O5S2/c1-2-34-24(33)20(12-15-6-4-3-5-7-15)29-22(30)21(36-25(29)35)14-28-19(23(31)32)13-18(27-28)16-8-10-17(26)11-9-16/h3-11,14,19-20H,2,12-13H2,1H3,(H,31,32)/b21-14-/t19-,20-/m1/s1. The highest BCUT2D eigenvalue weighted by Gasteiger charge is 2.42. The van der Waals surface area contributed by atoms with E-state index in [0.717, 1.165) is 22.9 Å². The highest BCUT2D eigenvalue weighted by atomic mass is 35.5. The van der Waals surface area contributed by atoms with Crippen molar-refractivity contribution >= 4 is 63.5 Å². The van der Waals surface area contributed by atoms with Gasteiger partial charge in [-0.25, -0.2) is 9.59 Å². The first-order valence-corrected chi connectivity index (χ1v) is 12.7. The molecule has 2 aliphatic heterocycles. The third kappa shape index (κ3) is 5.61. The number of carboxylic acids is 1. The zero-order valence-electron chi connectivity index (χ0n) is 19.2. The van der Waals surface area contributed by atoms with Gasteiger partial charge in [0.05, 0.1) is 17.2 Å². The highest BCUT2D eigenvalue weighted by Crippen LogP contribution is 2.35. The second-order valence-electron chi connectivity index (χ2n) is 7.99. The number of carboxylic acid groups (broad SMARTS) is 1. The maximum Gasteiger partial charge on any atom is 0.329 e. The number of halogens is 1. The molecule has 2 aliphatic rings. The topological polar surface area (TPSA) is 99.5 Å². The molecule has 2 heterocycles. The minimum atomic E-state index is -1.08. The van der Waals surface area contributed by atoms with Crippen molar-refractivity contribution in [2.24, 2.45) is 5.10 Å². The van der Waals surface area contributed by atoms with E-state index in [1.165, 1.54) is 16.1 Å². The Morgan fingerprint density at radius 3 is 2.58 bits per heavy atom. The van der Waals surface area contributed by atoms with Crippen LogP contribution in [0.2, 0.25) is 5.02 Å². The zero-order valence-corrected chi connectivity index (χ0v) is 21.6. The monoisotopic (exact) mass is 543 g/mol. The number of benzene rings is 2. The predicted octanol–water partition coefficient (Wildman–Crippen LogP) is 4.08. The van der Waals surface area contributed by atoms with Gasteiger partial charge in [0.15, 0.2) is 6.04 Å². The molecule has 1 saturated heterocycles. The summed E-state index contributed by atoms with van der Waals surface area (Å²) in [6.07, 6.45) is 1.75. The number of thiocarbonyl (C=S) groups is 1. The smallest absolute Gasteiger partial charge is 0.329 e. The molecule has 186 valence electrons. The third-order valence-corrected chi connectivity index (χ3v) is 7.19. The van der Waals surface area contributed by atoms with E-state index in [1.807, 2.05) is 30.3 Å². The number of nitrogens with zero attached hydrogens (tertiary/aromatic N) is 3. The van der Waals surface area contributed by atoms with Gasteiger partial charge in [-0.2, -0.15) is 5.10 Å². The minimum absolute atomic E-state index is 0.146. The lowest BCUT2D eigenvalue weighted by Crippen LogP contribution is -2.46. The van der Waals surface area contributed by atoms with Crippen LogP contribution in [0.4, 0.5) is 0 Å². The van der Waals surface area contributed by atoms with Crippen LogP contribution in [0.25, 0.3) is 0 Å². The molecule has 0 spiro atoms. The first-order valence-electron chi connectivity index (χ1n) is 11.1. The first-order chi connectivity index (χ1) is 17.3. The van der Waals surface area contributed by atoms with Crippen molar-refractivity contribution in [1.29, 1.82) is 0 Å². The van der Waals surface area contributed by atoms with Crippen LogP contribution in [-0.2, 0) is 25.5 Å². The van der Waals surface area contributed by atoms with E-state index in [4.69, 9.17) is 28.6 Å². The van der Waals surface area contributed by atoms with E-state index < -0.39 is 29.9 Å². The summed E-state index contributed by atoms with van der Waals surface area (Å²) in [4.78, 5) is 39.6. The van der Waals surface area contributed by atoms with Crippen LogP contribution in [0.1, 0.15) is 24.5 Å². The molecule has 0 unspecified atom stereocenters. The van der Waals surface area contributed by atoms with Gasteiger partial charge in [0.2, 0.25) is 0 Å². The summed E-state index contributed by atoms with van der Waals surface area (Å²) in [7, 11) is 0. The van der Waals surface area contributed by atoms with E-state index in [2.05, 4.69) is 5.10 Å². The molecular weight excluding hydrogens is 522 g/mol. The molecule has 36 heavy (non-hydrogen) atoms. The number of amides is 1. The SMILES string of the molecule is CCOC(=O)[C@@H](Cc1ccccc1)N1C(=O)/C(=C/N2N=C(c3ccc(Cl)cc3)C[C@@H]2C(=O)O)SC1=S. The van der Waals surface area contributed by atoms with E-state index in [9.17, 15) is 19.5 Å². The maximum atomic E-state index is 13.4. The fraction of sp³-hybridized carbons (Fsp3) is 0.240. The van der Waals surface area contributed by atoms with Crippen LogP contribution in [0.15, 0.2) is 70.8 Å². The molecule has 2 atom stereocenters. The largest absolute Gasteiger partial charge is 0.480 e. The molecule has 1 N–H and O–H groups in total. The summed E-state index contributed by atoms with van der Waals surface area (Å²) < 4.78 is 5.42. The molecule has 0 aromatic heterocycles. The lowest BCUT2D eigenvalue weighted by Gasteiger charge is -2.25. The Hall–Kier alpha value is -3.21. The lowest BCUT2D eigenvalue weighted by atomic mass is 10.0. The number of esters is 1. The first kappa shape index (κ1) is 25.9. The summed E-state index contributed by atoms with van der Waals surface area (Å²) in [5.74, 6) is -2.15. The van der Waals surface area contributed by atoms with Crippen molar-refractivity contribution in [2.45, 2.75) is 31.8 Å². The Labute approximate surface area is 222 Å². The molecule has 11 heteroatoms. The van der Waals surface area contributed by atoms with Crippen LogP contribution in [0.3, 0.4) is 0 Å². The van der Waals surface area contributed by atoms with Crippen molar-refractivity contribution in [2.75, 3.05) is 6.61 Å². The van der Waals surface area contributed by atoms with Crippen molar-refractivity contribution in [3.8, 4) is 0 Å². The lowest BCUT2D eigenvalue weighted by molar-refractivity contribution is -0.150. The molecular formula is C25H22ClN3O5S2. The molecule has 1 fully saturated rings. The zero-order chi connectivity index (χ0) is 25.8. The molecule has 0 saturated carbocycles. The molecule has 0 bridgehead atoms. The molecule has 2 aromatic rings. The van der Waals surface area contributed by atoms with Gasteiger partial charge in [-0.05, 0) is 30.2 Å². The second-order valence-corrected chi connectivity index (χ2v) is 10.1. The summed E-state index contributed by atoms with van der Waals surface area (Å²) in [6, 6.07) is 14.2. The number of thioether (sulfide) groups is 1. The van der Waals surface area contributed by atoms with Gasteiger partial charge < -0.3 is 9.84 Å². The van der Waals surface area contributed by atoms with E-state index in [1.54, 1.807) is 31.2 Å². The molecule has 2 aromatic carbocycles. The van der Waals surface area contributed by atoms with Crippen molar-refractivity contribution in [3.63, 3.8) is 0 Å². The van der Waals surface area contributed by atoms with Crippen molar-refractivity contribution in [1.82, 2.24) is 9.91 Å². The molecule has 8 nitrogen and oxygen atoms in total. The van der Waals surface area contributed by atoms with E-state index >= 15 is 0 Å². The number of rotatable bonds is 8. The number of hydrogen-bond acceptors (Lipinski definition) is 8. The maximum absolute atomic E-state index is 13.4. The summed E-state index contributed by atoms with van der Waals surface area (Å²) in [5.41, 5.74) is 2.13. The molecule has 4 rings (SSSR count). The van der Waals surface area contributed by atoms with Gasteiger partial charge in [-0.3, -0.25) is 14.7 Å². The predicted molar refractivity (Wildman–Crippen MR) is 142 cm³/mol. The Morgan fingerprint density at radius 1 is 1.25 bits per heavy atom. The Balaban J connectivity index is 1.62. The number of aliphatic carboxylic acids is 1. The number of hydrogen-bond donors (Lipinski definition) is 1. The summed E-state index contributed by atoms with van der Waals surface area (Å²) >= 11 is 12.4. The minimum Gasteiger partial charge on any atom is -0.480 e. The highest BCUT2D eigenvalue weighted by molar-refractivity contribution is 8.26. The summed E-state index contributed by atoms with van der Waals surface area (Å²) in [6.45, 7) is 1.85. The van der Waals surface area contributed by atoms with Gasteiger partial charge in [-0.15, -0.1) is 0 Å². The van der Waals surface area contributed by atoms with E-state index in [0.29, 0.717) is 10.7 Å². The van der Waals surface area contributed by atoms with Crippen LogP contribution in [0, 0.1) is 0 Å². The van der Waals surface area contributed by atoms with E-state index in [-0.39, 0.29) is 28.7 Å². The van der Waals surface area contributed by atoms with Crippen LogP contribution < -0.4 is 0 Å². The van der Waals surface area contributed by atoms with Crippen molar-refractivity contribution < 1.29 is 24.2 Å². The van der Waals surface area contributed by atoms with Gasteiger partial charge in [0.1, 0.15) is 10.4 Å². The Morgan fingerprint density at radius 2 is 1.94 bits per heavy atom. The quantitative estimate of drug-likeness (QED) is 0.302. The number of ether oxygens (including phenoxy) is 1.